The fraction of sp³-hybridized carbons (Fsp3) is 0. The first-order valence-electron chi connectivity index (χ1n) is 15.5. The maximum Gasteiger partial charge on any atom is 0.235 e. The zero-order valence-corrected chi connectivity index (χ0v) is 25.5. The van der Waals surface area contributed by atoms with Crippen molar-refractivity contribution in [1.29, 1.82) is 0 Å². The van der Waals surface area contributed by atoms with Crippen LogP contribution in [-0.4, -0.2) is 14.5 Å². The highest BCUT2D eigenvalue weighted by molar-refractivity contribution is 7.26. The van der Waals surface area contributed by atoms with Crippen LogP contribution in [0.1, 0.15) is 0 Å². The van der Waals surface area contributed by atoms with E-state index in [1.807, 2.05) is 23.5 Å². The normalized spacial score (nSPS) is 11.9. The molecule has 0 atom stereocenters. The molecule has 3 nitrogen and oxygen atoms in total. The van der Waals surface area contributed by atoms with Gasteiger partial charge in [-0.1, -0.05) is 115 Å². The van der Waals surface area contributed by atoms with Gasteiger partial charge in [0.05, 0.1) is 22.4 Å². The van der Waals surface area contributed by atoms with Gasteiger partial charge in [-0.15, -0.1) is 11.3 Å². The monoisotopic (exact) mass is 603 g/mol. The van der Waals surface area contributed by atoms with Gasteiger partial charge < -0.3 is 0 Å². The third-order valence-corrected chi connectivity index (χ3v) is 10.3. The number of hydrogen-bond donors (Lipinski definition) is 0. The third-order valence-electron chi connectivity index (χ3n) is 9.17. The largest absolute Gasteiger partial charge is 0.278 e. The average molecular weight is 604 g/mol. The Bertz CT molecular complexity index is 2740. The minimum Gasteiger partial charge on any atom is -0.278 e. The molecule has 0 saturated heterocycles. The molecule has 0 fully saturated rings. The number of rotatable bonds is 3. The van der Waals surface area contributed by atoms with Crippen LogP contribution in [0.4, 0.5) is 0 Å². The summed E-state index contributed by atoms with van der Waals surface area (Å²) in [6, 6.07) is 54.1. The standard InChI is InChI=1S/C42H25N3S/c1-3-12-27(13-4-1)35-25-36(28-14-5-2-6-15-28)44-42(43-35)45-37-20-19-26-11-9-10-18-31(26)41(37)34-24-40-33(23-38(34)45)32-21-29-16-7-8-17-30(29)22-39(32)46-40/h1-25H. The molecular formula is C42H25N3S. The molecule has 214 valence electrons. The molecular weight excluding hydrogens is 579 g/mol. The van der Waals surface area contributed by atoms with Crippen molar-refractivity contribution in [3.8, 4) is 28.5 Å². The Morgan fingerprint density at radius 1 is 0.413 bits per heavy atom. The van der Waals surface area contributed by atoms with Gasteiger partial charge >= 0.3 is 0 Å². The lowest BCUT2D eigenvalue weighted by atomic mass is 10.0. The van der Waals surface area contributed by atoms with Crippen molar-refractivity contribution < 1.29 is 0 Å². The summed E-state index contributed by atoms with van der Waals surface area (Å²) in [5.41, 5.74) is 6.13. The van der Waals surface area contributed by atoms with E-state index in [2.05, 4.69) is 144 Å². The Kier molecular flexibility index (Phi) is 5.45. The smallest absolute Gasteiger partial charge is 0.235 e. The van der Waals surface area contributed by atoms with Crippen molar-refractivity contribution >= 4 is 74.9 Å². The van der Waals surface area contributed by atoms with Crippen LogP contribution in [0.25, 0.3) is 92.0 Å². The summed E-state index contributed by atoms with van der Waals surface area (Å²) < 4.78 is 4.87. The quantitative estimate of drug-likeness (QED) is 0.201. The molecule has 10 rings (SSSR count). The average Bonchev–Trinajstić information content (AvgIpc) is 3.64. The van der Waals surface area contributed by atoms with Gasteiger partial charge in [0.25, 0.3) is 0 Å². The van der Waals surface area contributed by atoms with Crippen LogP contribution < -0.4 is 0 Å². The fourth-order valence-electron chi connectivity index (χ4n) is 7.00. The van der Waals surface area contributed by atoms with E-state index in [0.717, 1.165) is 33.5 Å². The van der Waals surface area contributed by atoms with Gasteiger partial charge in [0.15, 0.2) is 0 Å². The summed E-state index contributed by atoms with van der Waals surface area (Å²) in [5, 5.41) is 9.97. The molecule has 46 heavy (non-hydrogen) atoms. The van der Waals surface area contributed by atoms with E-state index in [1.165, 1.54) is 52.5 Å². The number of benzene rings is 7. The molecule has 3 aromatic heterocycles. The lowest BCUT2D eigenvalue weighted by Gasteiger charge is -2.12. The van der Waals surface area contributed by atoms with E-state index in [9.17, 15) is 0 Å². The number of nitrogens with zero attached hydrogens (tertiary/aromatic N) is 3. The highest BCUT2D eigenvalue weighted by Gasteiger charge is 2.20. The lowest BCUT2D eigenvalue weighted by molar-refractivity contribution is 0.996. The maximum atomic E-state index is 5.28. The van der Waals surface area contributed by atoms with Crippen LogP contribution >= 0.6 is 11.3 Å². The second kappa shape index (κ2) is 9.83. The van der Waals surface area contributed by atoms with Crippen LogP contribution in [0.15, 0.2) is 152 Å². The summed E-state index contributed by atoms with van der Waals surface area (Å²) in [6.45, 7) is 0. The van der Waals surface area contributed by atoms with Crippen molar-refractivity contribution in [3.05, 3.63) is 152 Å². The molecule has 0 unspecified atom stereocenters. The van der Waals surface area contributed by atoms with Gasteiger partial charge in [0.1, 0.15) is 0 Å². The van der Waals surface area contributed by atoms with E-state index in [-0.39, 0.29) is 0 Å². The van der Waals surface area contributed by atoms with Crippen molar-refractivity contribution in [3.63, 3.8) is 0 Å². The van der Waals surface area contributed by atoms with Crippen molar-refractivity contribution in [2.75, 3.05) is 0 Å². The topological polar surface area (TPSA) is 30.7 Å². The molecule has 0 N–H and O–H groups in total. The van der Waals surface area contributed by atoms with Gasteiger partial charge in [-0.25, -0.2) is 9.97 Å². The Balaban J connectivity index is 1.36. The number of aromatic nitrogens is 3. The molecule has 0 saturated carbocycles. The Morgan fingerprint density at radius 3 is 1.72 bits per heavy atom. The maximum absolute atomic E-state index is 5.28. The zero-order chi connectivity index (χ0) is 30.2. The Labute approximate surface area is 268 Å². The van der Waals surface area contributed by atoms with E-state index in [0.29, 0.717) is 5.95 Å². The first kappa shape index (κ1) is 25.5. The molecule has 10 aromatic rings. The number of hydrogen-bond acceptors (Lipinski definition) is 3. The second-order valence-corrected chi connectivity index (χ2v) is 12.9. The predicted molar refractivity (Wildman–Crippen MR) is 195 cm³/mol. The second-order valence-electron chi connectivity index (χ2n) is 11.8. The van der Waals surface area contributed by atoms with Gasteiger partial charge in [-0.3, -0.25) is 4.57 Å². The van der Waals surface area contributed by atoms with Gasteiger partial charge in [0.2, 0.25) is 5.95 Å². The lowest BCUT2D eigenvalue weighted by Crippen LogP contribution is -2.04. The molecule has 0 radical (unpaired) electrons. The summed E-state index contributed by atoms with van der Waals surface area (Å²) in [5.74, 6) is 0.667. The molecule has 0 aliphatic rings. The molecule has 0 amide bonds. The van der Waals surface area contributed by atoms with Crippen molar-refractivity contribution in [2.24, 2.45) is 0 Å². The van der Waals surface area contributed by atoms with Gasteiger partial charge in [0, 0.05) is 42.1 Å². The Hall–Kier alpha value is -5.84. The van der Waals surface area contributed by atoms with E-state index in [1.54, 1.807) is 0 Å². The first-order chi connectivity index (χ1) is 22.8. The number of thiophene rings is 1. The van der Waals surface area contributed by atoms with E-state index in [4.69, 9.17) is 9.97 Å². The van der Waals surface area contributed by atoms with Gasteiger partial charge in [-0.2, -0.15) is 0 Å². The summed E-state index contributed by atoms with van der Waals surface area (Å²) in [7, 11) is 0. The summed E-state index contributed by atoms with van der Waals surface area (Å²) in [6.07, 6.45) is 0. The predicted octanol–water partition coefficient (Wildman–Crippen LogP) is 11.6. The van der Waals surface area contributed by atoms with Crippen LogP contribution in [0, 0.1) is 0 Å². The Morgan fingerprint density at radius 2 is 1.00 bits per heavy atom. The number of fused-ring (bicyclic) bond motifs is 9. The molecule has 0 aliphatic carbocycles. The molecule has 0 bridgehead atoms. The van der Waals surface area contributed by atoms with Gasteiger partial charge in [-0.05, 0) is 57.9 Å². The minimum absolute atomic E-state index is 0.667. The van der Waals surface area contributed by atoms with E-state index < -0.39 is 0 Å². The summed E-state index contributed by atoms with van der Waals surface area (Å²) >= 11 is 1.87. The third kappa shape index (κ3) is 3.84. The van der Waals surface area contributed by atoms with Crippen LogP contribution in [-0.2, 0) is 0 Å². The molecule has 0 aliphatic heterocycles. The molecule has 0 spiro atoms. The fourth-order valence-corrected chi connectivity index (χ4v) is 8.16. The van der Waals surface area contributed by atoms with Crippen LogP contribution in [0.5, 0.6) is 0 Å². The summed E-state index contributed by atoms with van der Waals surface area (Å²) in [4.78, 5) is 10.6. The minimum atomic E-state index is 0.667. The SMILES string of the molecule is c1ccc(-c2cc(-c3ccccc3)nc(-n3c4cc5c(cc4c4c6ccccc6ccc43)sc3cc4ccccc4cc35)n2)cc1. The van der Waals surface area contributed by atoms with Crippen LogP contribution in [0.3, 0.4) is 0 Å². The zero-order valence-electron chi connectivity index (χ0n) is 24.7. The highest BCUT2D eigenvalue weighted by atomic mass is 32.1. The molecule has 4 heteroatoms. The van der Waals surface area contributed by atoms with Crippen molar-refractivity contribution in [2.45, 2.75) is 0 Å². The highest BCUT2D eigenvalue weighted by Crippen LogP contribution is 2.43. The van der Waals surface area contributed by atoms with E-state index >= 15 is 0 Å². The first-order valence-corrected chi connectivity index (χ1v) is 16.3. The molecule has 7 aromatic carbocycles. The van der Waals surface area contributed by atoms with Crippen molar-refractivity contribution in [1.82, 2.24) is 14.5 Å². The van der Waals surface area contributed by atoms with Crippen LogP contribution in [0.2, 0.25) is 0 Å². The molecule has 3 heterocycles.